The highest BCUT2D eigenvalue weighted by Crippen LogP contribution is 2.32. The number of hydrogen-bond donors (Lipinski definition) is 0. The molecular weight excluding hydrogens is 247 g/mol. The zero-order valence-corrected chi connectivity index (χ0v) is 10.4. The maximum absolute atomic E-state index is 14.1. The molecule has 0 bridgehead atoms. The molecule has 2 aliphatic heterocycles. The fourth-order valence-electron chi connectivity index (χ4n) is 2.43. The quantitative estimate of drug-likeness (QED) is 0.732. The van der Waals surface area contributed by atoms with E-state index in [-0.39, 0.29) is 13.2 Å². The van der Waals surface area contributed by atoms with Crippen molar-refractivity contribution < 1.29 is 22.6 Å². The van der Waals surface area contributed by atoms with Crippen molar-refractivity contribution in [1.29, 1.82) is 0 Å². The van der Waals surface area contributed by atoms with Crippen LogP contribution in [0.5, 0.6) is 0 Å². The molecule has 0 saturated carbocycles. The van der Waals surface area contributed by atoms with E-state index in [4.69, 9.17) is 9.47 Å². The second-order valence-corrected chi connectivity index (χ2v) is 4.89. The van der Waals surface area contributed by atoms with E-state index in [0.717, 1.165) is 25.7 Å². The average molecular weight is 267 g/mol. The smallest absolute Gasteiger partial charge is 0.319 e. The highest BCUT2D eigenvalue weighted by Gasteiger charge is 2.52. The van der Waals surface area contributed by atoms with Gasteiger partial charge in [-0.25, -0.2) is 4.39 Å². The van der Waals surface area contributed by atoms with Gasteiger partial charge in [-0.05, 0) is 12.8 Å². The molecule has 0 amide bonds. The minimum atomic E-state index is -3.51. The lowest BCUT2D eigenvalue weighted by Crippen LogP contribution is -2.55. The first kappa shape index (κ1) is 14.1. The molecule has 2 heterocycles. The van der Waals surface area contributed by atoms with Crippen LogP contribution in [0, 0.1) is 0 Å². The molecule has 6 heteroatoms. The first-order chi connectivity index (χ1) is 8.62. The van der Waals surface area contributed by atoms with Crippen LogP contribution in [0.2, 0.25) is 0 Å². The molecule has 0 aromatic heterocycles. The van der Waals surface area contributed by atoms with Crippen LogP contribution in [0.15, 0.2) is 0 Å². The zero-order valence-electron chi connectivity index (χ0n) is 10.4. The van der Waals surface area contributed by atoms with Crippen molar-refractivity contribution in [2.45, 2.75) is 44.0 Å². The average Bonchev–Trinajstić information content (AvgIpc) is 2.67. The van der Waals surface area contributed by atoms with Gasteiger partial charge in [0.25, 0.3) is 0 Å². The molecule has 2 aliphatic rings. The number of ether oxygens (including phenoxy) is 2. The topological polar surface area (TPSA) is 21.7 Å². The van der Waals surface area contributed by atoms with Gasteiger partial charge in [-0.15, -0.1) is 0 Å². The van der Waals surface area contributed by atoms with Gasteiger partial charge < -0.3 is 9.47 Å². The summed E-state index contributed by atoms with van der Waals surface area (Å²) in [5.74, 6) is -3.51. The predicted molar refractivity (Wildman–Crippen MR) is 60.4 cm³/mol. The lowest BCUT2D eigenvalue weighted by Gasteiger charge is -2.36. The normalized spacial score (nSPS) is 29.8. The molecule has 0 N–H and O–H groups in total. The molecule has 18 heavy (non-hydrogen) atoms. The summed E-state index contributed by atoms with van der Waals surface area (Å²) in [6.45, 7) is 0.955. The third kappa shape index (κ3) is 3.16. The third-order valence-electron chi connectivity index (χ3n) is 3.52. The SMILES string of the molecule is FC(N1CCCCCC1)C(F)(F)C1COCCO1. The van der Waals surface area contributed by atoms with Gasteiger partial charge in [0.05, 0.1) is 19.8 Å². The molecule has 0 radical (unpaired) electrons. The fraction of sp³-hybridized carbons (Fsp3) is 1.00. The van der Waals surface area contributed by atoms with Crippen LogP contribution >= 0.6 is 0 Å². The van der Waals surface area contributed by atoms with Gasteiger partial charge in [0, 0.05) is 13.1 Å². The molecule has 0 aliphatic carbocycles. The van der Waals surface area contributed by atoms with E-state index in [1.165, 1.54) is 4.90 Å². The number of likely N-dealkylation sites (tertiary alicyclic amines) is 1. The van der Waals surface area contributed by atoms with E-state index in [2.05, 4.69) is 0 Å². The highest BCUT2D eigenvalue weighted by atomic mass is 19.3. The van der Waals surface area contributed by atoms with Gasteiger partial charge in [0.2, 0.25) is 6.30 Å². The first-order valence-corrected chi connectivity index (χ1v) is 6.57. The van der Waals surface area contributed by atoms with Crippen molar-refractivity contribution in [3.63, 3.8) is 0 Å². The van der Waals surface area contributed by atoms with E-state index in [1.807, 2.05) is 0 Å². The minimum absolute atomic E-state index is 0.104. The molecule has 0 spiro atoms. The standard InChI is InChI=1S/C12H20F3NO2/c13-11(16-5-3-1-2-4-6-16)12(14,15)10-9-17-7-8-18-10/h10-11H,1-9H2. The second-order valence-electron chi connectivity index (χ2n) is 4.89. The molecule has 2 rings (SSSR count). The Morgan fingerprint density at radius 1 is 1.06 bits per heavy atom. The number of nitrogens with zero attached hydrogens (tertiary/aromatic N) is 1. The Morgan fingerprint density at radius 3 is 2.28 bits per heavy atom. The van der Waals surface area contributed by atoms with Crippen LogP contribution in [0.25, 0.3) is 0 Å². The van der Waals surface area contributed by atoms with Crippen molar-refractivity contribution >= 4 is 0 Å². The lowest BCUT2D eigenvalue weighted by atomic mass is 10.1. The molecule has 0 aromatic carbocycles. The van der Waals surface area contributed by atoms with E-state index >= 15 is 0 Å². The van der Waals surface area contributed by atoms with E-state index < -0.39 is 18.3 Å². The maximum atomic E-state index is 14.1. The molecule has 2 unspecified atom stereocenters. The number of halogens is 3. The van der Waals surface area contributed by atoms with Crippen molar-refractivity contribution in [1.82, 2.24) is 4.90 Å². The first-order valence-electron chi connectivity index (χ1n) is 6.57. The number of hydrogen-bond acceptors (Lipinski definition) is 3. The van der Waals surface area contributed by atoms with Gasteiger partial charge in [0.1, 0.15) is 6.10 Å². The molecule has 0 aromatic rings. The second kappa shape index (κ2) is 6.21. The molecular formula is C12H20F3NO2. The molecule has 2 atom stereocenters. The van der Waals surface area contributed by atoms with Crippen LogP contribution in [-0.2, 0) is 9.47 Å². The Morgan fingerprint density at radius 2 is 1.72 bits per heavy atom. The van der Waals surface area contributed by atoms with Gasteiger partial charge in [-0.2, -0.15) is 8.78 Å². The van der Waals surface area contributed by atoms with Gasteiger partial charge in [-0.1, -0.05) is 12.8 Å². The number of alkyl halides is 3. The monoisotopic (exact) mass is 267 g/mol. The van der Waals surface area contributed by atoms with Crippen LogP contribution < -0.4 is 0 Å². The van der Waals surface area contributed by atoms with Crippen LogP contribution in [0.1, 0.15) is 25.7 Å². The third-order valence-corrected chi connectivity index (χ3v) is 3.52. The summed E-state index contributed by atoms with van der Waals surface area (Å²) in [5, 5.41) is 0. The zero-order chi connectivity index (χ0) is 13.0. The van der Waals surface area contributed by atoms with Gasteiger partial charge >= 0.3 is 5.92 Å². The highest BCUT2D eigenvalue weighted by molar-refractivity contribution is 4.87. The Balaban J connectivity index is 1.97. The predicted octanol–water partition coefficient (Wildman–Crippen LogP) is 2.21. The van der Waals surface area contributed by atoms with Crippen LogP contribution in [-0.4, -0.2) is 56.1 Å². The fourth-order valence-corrected chi connectivity index (χ4v) is 2.43. The Hall–Kier alpha value is -0.330. The Kier molecular flexibility index (Phi) is 4.86. The van der Waals surface area contributed by atoms with Crippen molar-refractivity contribution in [3.05, 3.63) is 0 Å². The molecule has 2 fully saturated rings. The summed E-state index contributed by atoms with van der Waals surface area (Å²) in [4.78, 5) is 1.24. The summed E-state index contributed by atoms with van der Waals surface area (Å²) in [6.07, 6.45) is -0.223. The Bertz CT molecular complexity index is 252. The van der Waals surface area contributed by atoms with E-state index in [0.29, 0.717) is 19.7 Å². The Labute approximate surface area is 105 Å². The van der Waals surface area contributed by atoms with Crippen molar-refractivity contribution in [2.24, 2.45) is 0 Å². The minimum Gasteiger partial charge on any atom is -0.376 e. The maximum Gasteiger partial charge on any atom is 0.319 e. The van der Waals surface area contributed by atoms with Crippen molar-refractivity contribution in [3.8, 4) is 0 Å². The molecule has 3 nitrogen and oxygen atoms in total. The van der Waals surface area contributed by atoms with Gasteiger partial charge in [0.15, 0.2) is 0 Å². The summed E-state index contributed by atoms with van der Waals surface area (Å²) >= 11 is 0. The molecule has 2 saturated heterocycles. The van der Waals surface area contributed by atoms with Crippen molar-refractivity contribution in [2.75, 3.05) is 32.9 Å². The summed E-state index contributed by atoms with van der Waals surface area (Å²) in [6, 6.07) is 0. The summed E-state index contributed by atoms with van der Waals surface area (Å²) < 4.78 is 52.0. The number of rotatable bonds is 3. The largest absolute Gasteiger partial charge is 0.376 e. The van der Waals surface area contributed by atoms with Crippen LogP contribution in [0.3, 0.4) is 0 Å². The van der Waals surface area contributed by atoms with Crippen LogP contribution in [0.4, 0.5) is 13.2 Å². The van der Waals surface area contributed by atoms with E-state index in [9.17, 15) is 13.2 Å². The summed E-state index contributed by atoms with van der Waals surface area (Å²) in [5.41, 5.74) is 0. The lowest BCUT2D eigenvalue weighted by molar-refractivity contribution is -0.242. The summed E-state index contributed by atoms with van der Waals surface area (Å²) in [7, 11) is 0. The van der Waals surface area contributed by atoms with Gasteiger partial charge in [-0.3, -0.25) is 4.90 Å². The van der Waals surface area contributed by atoms with E-state index in [1.54, 1.807) is 0 Å². The molecule has 106 valence electrons.